The number of hydrogen-bond donors (Lipinski definition) is 2. The summed E-state index contributed by atoms with van der Waals surface area (Å²) in [6.45, 7) is 2.49. The average Bonchev–Trinajstić information content (AvgIpc) is 2.42. The summed E-state index contributed by atoms with van der Waals surface area (Å²) >= 11 is 0.461. The van der Waals surface area contributed by atoms with Crippen LogP contribution in [0.15, 0.2) is 29.2 Å². The number of rotatable bonds is 9. The molecule has 1 aromatic rings. The van der Waals surface area contributed by atoms with Gasteiger partial charge in [0.2, 0.25) is 0 Å². The van der Waals surface area contributed by atoms with E-state index < -0.39 is 5.76 Å². The first-order valence-corrected chi connectivity index (χ1v) is 7.04. The van der Waals surface area contributed by atoms with E-state index in [9.17, 15) is 13.6 Å². The molecule has 0 aliphatic heterocycles. The number of benzene rings is 1. The number of carbonyl (C=O) groups is 1. The molecular formula is C13H18F2N2O2S. The first-order chi connectivity index (χ1) is 9.63. The summed E-state index contributed by atoms with van der Waals surface area (Å²) in [4.78, 5) is 12.2. The molecule has 0 fully saturated rings. The number of methoxy groups -OCH3 is 1. The van der Waals surface area contributed by atoms with Crippen LogP contribution >= 0.6 is 11.8 Å². The molecule has 0 aromatic heterocycles. The third kappa shape index (κ3) is 6.83. The molecule has 1 rings (SSSR count). The van der Waals surface area contributed by atoms with Crippen molar-refractivity contribution in [3.63, 3.8) is 0 Å². The maximum atomic E-state index is 12.1. The number of alkyl halides is 2. The number of carbonyl (C=O) groups excluding carboxylic acids is 1. The van der Waals surface area contributed by atoms with Crippen molar-refractivity contribution in [3.8, 4) is 0 Å². The molecule has 0 aliphatic rings. The van der Waals surface area contributed by atoms with E-state index in [1.54, 1.807) is 19.2 Å². The van der Waals surface area contributed by atoms with Gasteiger partial charge in [0.05, 0.1) is 6.61 Å². The number of amides is 1. The maximum Gasteiger partial charge on any atom is 0.288 e. The van der Waals surface area contributed by atoms with Crippen LogP contribution in [0, 0.1) is 0 Å². The highest BCUT2D eigenvalue weighted by Crippen LogP contribution is 2.24. The molecule has 20 heavy (non-hydrogen) atoms. The Balaban J connectivity index is 2.29. The standard InChI is InChI=1S/C13H18F2N2O2S/c1-19-9-8-16-6-7-17-12(18)10-2-4-11(5-3-10)20-13(14)15/h2-5,13,16H,6-9H2,1H3,(H,17,18). The van der Waals surface area contributed by atoms with E-state index in [2.05, 4.69) is 10.6 Å². The van der Waals surface area contributed by atoms with E-state index in [0.29, 0.717) is 41.9 Å². The first-order valence-electron chi connectivity index (χ1n) is 6.16. The number of halogens is 2. The molecule has 0 aliphatic carbocycles. The second kappa shape index (κ2) is 9.68. The fraction of sp³-hybridized carbons (Fsp3) is 0.462. The molecule has 1 aromatic carbocycles. The van der Waals surface area contributed by atoms with Gasteiger partial charge in [0.15, 0.2) is 0 Å². The fourth-order valence-corrected chi connectivity index (χ4v) is 1.95. The van der Waals surface area contributed by atoms with E-state index in [4.69, 9.17) is 4.74 Å². The van der Waals surface area contributed by atoms with Crippen LogP contribution in [0.1, 0.15) is 10.4 Å². The van der Waals surface area contributed by atoms with Gasteiger partial charge in [-0.15, -0.1) is 0 Å². The summed E-state index contributed by atoms with van der Waals surface area (Å²) in [5.74, 6) is -2.67. The predicted octanol–water partition coefficient (Wildman–Crippen LogP) is 1.97. The molecule has 0 spiro atoms. The lowest BCUT2D eigenvalue weighted by Gasteiger charge is -2.07. The lowest BCUT2D eigenvalue weighted by Crippen LogP contribution is -2.33. The third-order valence-electron chi connectivity index (χ3n) is 2.41. The van der Waals surface area contributed by atoms with Crippen molar-refractivity contribution in [2.45, 2.75) is 10.7 Å². The summed E-state index contributed by atoms with van der Waals surface area (Å²) in [6, 6.07) is 6.11. The zero-order valence-corrected chi connectivity index (χ0v) is 12.0. The Kier molecular flexibility index (Phi) is 8.17. The summed E-state index contributed by atoms with van der Waals surface area (Å²) in [7, 11) is 1.62. The van der Waals surface area contributed by atoms with Crippen LogP contribution in [0.4, 0.5) is 8.78 Å². The van der Waals surface area contributed by atoms with E-state index in [1.807, 2.05) is 0 Å². The van der Waals surface area contributed by atoms with Gasteiger partial charge < -0.3 is 15.4 Å². The highest BCUT2D eigenvalue weighted by molar-refractivity contribution is 7.99. The first kappa shape index (κ1) is 16.9. The molecule has 0 unspecified atom stereocenters. The zero-order chi connectivity index (χ0) is 14.8. The minimum Gasteiger partial charge on any atom is -0.383 e. The number of hydrogen-bond acceptors (Lipinski definition) is 4. The second-order valence-electron chi connectivity index (χ2n) is 3.90. The van der Waals surface area contributed by atoms with Crippen LogP contribution < -0.4 is 10.6 Å². The van der Waals surface area contributed by atoms with Gasteiger partial charge in [0.1, 0.15) is 0 Å². The lowest BCUT2D eigenvalue weighted by atomic mass is 10.2. The Morgan fingerprint density at radius 3 is 2.55 bits per heavy atom. The molecule has 0 saturated heterocycles. The Labute approximate surface area is 121 Å². The van der Waals surface area contributed by atoms with Crippen LogP contribution in [0.25, 0.3) is 0 Å². The summed E-state index contributed by atoms with van der Waals surface area (Å²) < 4.78 is 29.2. The molecule has 0 bridgehead atoms. The highest BCUT2D eigenvalue weighted by Gasteiger charge is 2.07. The highest BCUT2D eigenvalue weighted by atomic mass is 32.2. The van der Waals surface area contributed by atoms with Crippen molar-refractivity contribution in [2.24, 2.45) is 0 Å². The van der Waals surface area contributed by atoms with Crippen molar-refractivity contribution in [2.75, 3.05) is 33.4 Å². The summed E-state index contributed by atoms with van der Waals surface area (Å²) in [6.07, 6.45) is 0. The molecule has 0 radical (unpaired) electrons. The smallest absolute Gasteiger partial charge is 0.288 e. The number of ether oxygens (including phenoxy) is 1. The van der Waals surface area contributed by atoms with Gasteiger partial charge in [-0.2, -0.15) is 8.78 Å². The number of thioether (sulfide) groups is 1. The Bertz CT molecular complexity index is 402. The lowest BCUT2D eigenvalue weighted by molar-refractivity contribution is 0.0953. The quantitative estimate of drug-likeness (QED) is 0.541. The number of nitrogens with one attached hydrogen (secondary N) is 2. The predicted molar refractivity (Wildman–Crippen MR) is 75.4 cm³/mol. The van der Waals surface area contributed by atoms with Gasteiger partial charge in [0.25, 0.3) is 11.7 Å². The minimum atomic E-state index is -2.45. The molecule has 0 atom stereocenters. The van der Waals surface area contributed by atoms with Crippen LogP contribution in [0.2, 0.25) is 0 Å². The third-order valence-corrected chi connectivity index (χ3v) is 3.13. The molecular weight excluding hydrogens is 286 g/mol. The van der Waals surface area contributed by atoms with Crippen LogP contribution in [0.3, 0.4) is 0 Å². The van der Waals surface area contributed by atoms with E-state index in [1.165, 1.54) is 12.1 Å². The molecule has 1 amide bonds. The van der Waals surface area contributed by atoms with Crippen LogP contribution in [-0.4, -0.2) is 45.0 Å². The van der Waals surface area contributed by atoms with Crippen molar-refractivity contribution in [1.82, 2.24) is 10.6 Å². The van der Waals surface area contributed by atoms with Gasteiger partial charge in [-0.25, -0.2) is 0 Å². The summed E-state index contributed by atoms with van der Waals surface area (Å²) in [5, 5.41) is 5.84. The van der Waals surface area contributed by atoms with Crippen molar-refractivity contribution < 1.29 is 18.3 Å². The monoisotopic (exact) mass is 304 g/mol. The SMILES string of the molecule is COCCNCCNC(=O)c1ccc(SC(F)F)cc1. The van der Waals surface area contributed by atoms with Gasteiger partial charge in [-0.3, -0.25) is 4.79 Å². The largest absolute Gasteiger partial charge is 0.383 e. The van der Waals surface area contributed by atoms with E-state index >= 15 is 0 Å². The fourth-order valence-electron chi connectivity index (χ4n) is 1.45. The minimum absolute atomic E-state index is 0.216. The van der Waals surface area contributed by atoms with Gasteiger partial charge in [-0.05, 0) is 24.3 Å². The van der Waals surface area contributed by atoms with Crippen LogP contribution in [0.5, 0.6) is 0 Å². The average molecular weight is 304 g/mol. The van der Waals surface area contributed by atoms with Gasteiger partial charge in [-0.1, -0.05) is 11.8 Å². The van der Waals surface area contributed by atoms with Crippen molar-refractivity contribution in [3.05, 3.63) is 29.8 Å². The van der Waals surface area contributed by atoms with Crippen LogP contribution in [-0.2, 0) is 4.74 Å². The molecule has 7 heteroatoms. The molecule has 2 N–H and O–H groups in total. The van der Waals surface area contributed by atoms with Gasteiger partial charge >= 0.3 is 0 Å². The molecule has 112 valence electrons. The maximum absolute atomic E-state index is 12.1. The second-order valence-corrected chi connectivity index (χ2v) is 4.97. The Hall–Kier alpha value is -1.18. The molecule has 4 nitrogen and oxygen atoms in total. The normalized spacial score (nSPS) is 10.8. The Morgan fingerprint density at radius 1 is 1.25 bits per heavy atom. The molecule has 0 heterocycles. The van der Waals surface area contributed by atoms with E-state index in [0.717, 1.165) is 6.54 Å². The van der Waals surface area contributed by atoms with Crippen molar-refractivity contribution >= 4 is 17.7 Å². The Morgan fingerprint density at radius 2 is 1.95 bits per heavy atom. The summed E-state index contributed by atoms with van der Waals surface area (Å²) in [5.41, 5.74) is 0.459. The molecule has 0 saturated carbocycles. The van der Waals surface area contributed by atoms with E-state index in [-0.39, 0.29) is 5.91 Å². The zero-order valence-electron chi connectivity index (χ0n) is 11.2. The van der Waals surface area contributed by atoms with Crippen molar-refractivity contribution in [1.29, 1.82) is 0 Å². The topological polar surface area (TPSA) is 50.4 Å². The van der Waals surface area contributed by atoms with Gasteiger partial charge in [0, 0.05) is 37.2 Å².